The number of ketones is 1. The normalized spacial score (nSPS) is 25.0. The minimum Gasteiger partial charge on any atom is -0.468 e. The van der Waals surface area contributed by atoms with Crippen LogP contribution in [-0.2, 0) is 27.2 Å². The molecule has 0 unspecified atom stereocenters. The maximum atomic E-state index is 14.0. The smallest absolute Gasteiger partial charge is 0.321 e. The first kappa shape index (κ1) is 28.8. The van der Waals surface area contributed by atoms with Crippen molar-refractivity contribution in [3.05, 3.63) is 78.2 Å². The number of esters is 1. The van der Waals surface area contributed by atoms with E-state index in [1.807, 2.05) is 6.92 Å². The van der Waals surface area contributed by atoms with E-state index in [2.05, 4.69) is 73.1 Å². The number of H-pyrrole nitrogens is 3. The fraction of sp³-hybridized carbons (Fsp3) is 0.400. The summed E-state index contributed by atoms with van der Waals surface area (Å²) in [5.41, 5.74) is 12.2. The summed E-state index contributed by atoms with van der Waals surface area (Å²) in [5, 5.41) is 5.70. The predicted molar refractivity (Wildman–Crippen MR) is 168 cm³/mol. The Morgan fingerprint density at radius 2 is 1.60 bits per heavy atom. The number of Topliss-reactive ketones (excluding diaryl/α,β-unsaturated/α-hetero) is 1. The fourth-order valence-corrected chi connectivity index (χ4v) is 7.47. The highest BCUT2D eigenvalue weighted by atomic mass is 16.5. The first-order chi connectivity index (χ1) is 20.6. The Balaban J connectivity index is 1.74. The molecule has 0 saturated carbocycles. The van der Waals surface area contributed by atoms with Crippen molar-refractivity contribution < 1.29 is 19.1 Å². The van der Waals surface area contributed by atoms with E-state index in [-0.39, 0.29) is 17.6 Å². The lowest BCUT2D eigenvalue weighted by Gasteiger charge is -2.19. The van der Waals surface area contributed by atoms with E-state index in [9.17, 15) is 14.4 Å². The summed E-state index contributed by atoms with van der Waals surface area (Å²) < 4.78 is 5.18. The maximum absolute atomic E-state index is 14.0. The van der Waals surface area contributed by atoms with Crippen LogP contribution in [0.15, 0.2) is 11.4 Å². The summed E-state index contributed by atoms with van der Waals surface area (Å²) in [4.78, 5) is 49.7. The molecule has 3 atom stereocenters. The standard InChI is InChI=1S/C35H40N4O4/c1-8-20-16(3)23-13-25-18(5)22(11-10-12-40)32(38-25)30-31(35(42)43-7)34(41)29-19(6)26(39-33(29)30)15-28-21(9-2)17(4)24(37-28)14-27(20)36-23/h12-15,18,22,31,36-39H,8-11H2,1-7H3/b24-14-,25-13-,28-15-,32-30-/t18-,22-,31+/m0/s1. The van der Waals surface area contributed by atoms with Crippen molar-refractivity contribution in [2.75, 3.05) is 7.11 Å². The number of carbonyl (C=O) groups is 3. The van der Waals surface area contributed by atoms with Crippen molar-refractivity contribution in [1.82, 2.24) is 20.3 Å². The Morgan fingerprint density at radius 1 is 0.907 bits per heavy atom. The molecule has 0 aromatic carbocycles. The first-order valence-corrected chi connectivity index (χ1v) is 15.3. The van der Waals surface area contributed by atoms with Gasteiger partial charge < -0.3 is 29.8 Å². The Kier molecular flexibility index (Phi) is 7.19. The summed E-state index contributed by atoms with van der Waals surface area (Å²) in [7, 11) is 1.32. The van der Waals surface area contributed by atoms with Gasteiger partial charge in [0.2, 0.25) is 0 Å². The van der Waals surface area contributed by atoms with Gasteiger partial charge in [0.05, 0.1) is 12.8 Å². The lowest BCUT2D eigenvalue weighted by Crippen LogP contribution is -2.25. The molecule has 0 amide bonds. The topological polar surface area (TPSA) is 120 Å². The second-order valence-electron chi connectivity index (χ2n) is 12.0. The molecular weight excluding hydrogens is 540 g/mol. The van der Waals surface area contributed by atoms with Crippen LogP contribution in [0.25, 0.3) is 23.8 Å². The van der Waals surface area contributed by atoms with Crippen LogP contribution in [0.1, 0.15) is 94.6 Å². The van der Waals surface area contributed by atoms with Crippen molar-refractivity contribution in [3.8, 4) is 0 Å². The summed E-state index contributed by atoms with van der Waals surface area (Å²) in [5.74, 6) is -1.97. The van der Waals surface area contributed by atoms with Gasteiger partial charge in [-0.25, -0.2) is 0 Å². The van der Waals surface area contributed by atoms with Crippen LogP contribution in [0.3, 0.4) is 0 Å². The molecule has 8 nitrogen and oxygen atoms in total. The molecule has 0 radical (unpaired) electrons. The minimum absolute atomic E-state index is 0.0257. The lowest BCUT2D eigenvalue weighted by molar-refractivity contribution is -0.141. The number of hydrogen-bond acceptors (Lipinski definition) is 5. The second kappa shape index (κ2) is 10.7. The first-order valence-electron chi connectivity index (χ1n) is 15.3. The van der Waals surface area contributed by atoms with Gasteiger partial charge in [0.1, 0.15) is 12.2 Å². The van der Waals surface area contributed by atoms with Gasteiger partial charge in [-0.3, -0.25) is 9.59 Å². The van der Waals surface area contributed by atoms with Gasteiger partial charge >= 0.3 is 5.97 Å². The summed E-state index contributed by atoms with van der Waals surface area (Å²) in [6.45, 7) is 12.7. The molecule has 3 aromatic rings. The third kappa shape index (κ3) is 4.29. The highest BCUT2D eigenvalue weighted by Crippen LogP contribution is 2.48. The Morgan fingerprint density at radius 3 is 2.28 bits per heavy atom. The number of methoxy groups -OCH3 is 1. The zero-order chi connectivity index (χ0) is 30.7. The van der Waals surface area contributed by atoms with Gasteiger partial charge in [-0.15, -0.1) is 0 Å². The summed E-state index contributed by atoms with van der Waals surface area (Å²) in [6, 6.07) is 0. The number of nitrogens with one attached hydrogen (secondary N) is 4. The maximum Gasteiger partial charge on any atom is 0.321 e. The average Bonchev–Trinajstić information content (AvgIpc) is 3.72. The van der Waals surface area contributed by atoms with Crippen LogP contribution in [0.5, 0.6) is 0 Å². The van der Waals surface area contributed by atoms with Crippen molar-refractivity contribution in [3.63, 3.8) is 0 Å². The van der Waals surface area contributed by atoms with E-state index in [0.29, 0.717) is 29.7 Å². The summed E-state index contributed by atoms with van der Waals surface area (Å²) in [6.07, 6.45) is 10.1. The van der Waals surface area contributed by atoms with Crippen LogP contribution in [-0.4, -0.2) is 40.1 Å². The third-order valence-electron chi connectivity index (χ3n) is 9.91. The molecule has 43 heavy (non-hydrogen) atoms. The van der Waals surface area contributed by atoms with Crippen LogP contribution < -0.4 is 16.0 Å². The van der Waals surface area contributed by atoms with Crippen molar-refractivity contribution in [2.45, 2.75) is 67.2 Å². The number of hydrogen-bond donors (Lipinski definition) is 4. The molecule has 2 aliphatic heterocycles. The lowest BCUT2D eigenvalue weighted by atomic mass is 9.85. The van der Waals surface area contributed by atoms with E-state index in [1.165, 1.54) is 29.4 Å². The fourth-order valence-electron chi connectivity index (χ4n) is 7.47. The second-order valence-corrected chi connectivity index (χ2v) is 12.0. The van der Waals surface area contributed by atoms with Crippen molar-refractivity contribution >= 4 is 41.8 Å². The number of aromatic amines is 3. The van der Waals surface area contributed by atoms with E-state index < -0.39 is 11.9 Å². The quantitative estimate of drug-likeness (QED) is 0.197. The number of allylic oxidation sites excluding steroid dienone is 2. The average molecular weight is 581 g/mol. The van der Waals surface area contributed by atoms with Crippen LogP contribution in [0, 0.1) is 38.5 Å². The molecule has 1 saturated heterocycles. The molecule has 3 aromatic heterocycles. The molecule has 6 rings (SSSR count). The Hall–Kier alpha value is -4.33. The molecule has 5 heterocycles. The van der Waals surface area contributed by atoms with Crippen LogP contribution in [0.2, 0.25) is 0 Å². The third-order valence-corrected chi connectivity index (χ3v) is 9.91. The van der Waals surface area contributed by atoms with Gasteiger partial charge in [0, 0.05) is 68.6 Å². The number of aldehydes is 1. The SMILES string of the molecule is CCc1c2[nH]c(c1C)/C=C1\N/C(=C3\c4[nH]c(c(C)c4C(=O)[C@@H]3C(=O)OC)/C=c3\[nH]/c(c(C)c3CC)=C\2)[C@@H](CCC=O)[C@@H]1C. The number of rotatable bonds is 6. The van der Waals surface area contributed by atoms with E-state index in [0.717, 1.165) is 63.9 Å². The molecule has 4 N–H and O–H groups in total. The molecule has 224 valence electrons. The molecule has 8 heteroatoms. The van der Waals surface area contributed by atoms with Gasteiger partial charge in [0.15, 0.2) is 5.78 Å². The predicted octanol–water partition coefficient (Wildman–Crippen LogP) is 4.26. The van der Waals surface area contributed by atoms with Gasteiger partial charge in [0.25, 0.3) is 0 Å². The number of carbonyl (C=O) groups excluding carboxylic acids is 3. The van der Waals surface area contributed by atoms with Crippen molar-refractivity contribution in [2.24, 2.45) is 17.8 Å². The van der Waals surface area contributed by atoms with Crippen LogP contribution >= 0.6 is 0 Å². The minimum atomic E-state index is -1.07. The highest BCUT2D eigenvalue weighted by Gasteiger charge is 2.48. The molecule has 1 aliphatic carbocycles. The monoisotopic (exact) mass is 580 g/mol. The van der Waals surface area contributed by atoms with Crippen molar-refractivity contribution in [1.29, 1.82) is 0 Å². The number of ether oxygens (including phenoxy) is 1. The van der Waals surface area contributed by atoms with E-state index in [1.54, 1.807) is 0 Å². The van der Waals surface area contributed by atoms with E-state index in [4.69, 9.17) is 4.74 Å². The number of fused-ring (bicyclic) bond motifs is 7. The van der Waals surface area contributed by atoms with Gasteiger partial charge in [-0.2, -0.15) is 0 Å². The van der Waals surface area contributed by atoms with Gasteiger partial charge in [-0.1, -0.05) is 20.8 Å². The molecular formula is C35H40N4O4. The molecule has 8 bridgehead atoms. The molecule has 1 fully saturated rings. The van der Waals surface area contributed by atoms with E-state index >= 15 is 0 Å². The van der Waals surface area contributed by atoms with Crippen LogP contribution in [0.4, 0.5) is 0 Å². The highest BCUT2D eigenvalue weighted by molar-refractivity contribution is 6.24. The van der Waals surface area contributed by atoms with Gasteiger partial charge in [-0.05, 0) is 86.1 Å². The molecule has 0 spiro atoms. The zero-order valence-corrected chi connectivity index (χ0v) is 26.0. The zero-order valence-electron chi connectivity index (χ0n) is 26.0. The molecule has 3 aliphatic rings. The Bertz CT molecular complexity index is 1880. The Labute approximate surface area is 251 Å². The number of aromatic nitrogens is 3. The largest absolute Gasteiger partial charge is 0.468 e. The summed E-state index contributed by atoms with van der Waals surface area (Å²) >= 11 is 0.